The molecule has 0 aliphatic rings. The molecule has 0 atom stereocenters. The maximum atomic E-state index is 5.08. The fourth-order valence-electron chi connectivity index (χ4n) is 2.16. The van der Waals surface area contributed by atoms with E-state index in [-0.39, 0.29) is 0 Å². The molecule has 0 unspecified atom stereocenters. The minimum atomic E-state index is 0.373. The summed E-state index contributed by atoms with van der Waals surface area (Å²) in [6.45, 7) is 7.38. The maximum Gasteiger partial charge on any atom is 0.0587 e. The third-order valence-corrected chi connectivity index (χ3v) is 5.35. The van der Waals surface area contributed by atoms with E-state index in [4.69, 9.17) is 4.74 Å². The van der Waals surface area contributed by atoms with Gasteiger partial charge in [-0.15, -0.1) is 11.3 Å². The van der Waals surface area contributed by atoms with Crippen molar-refractivity contribution in [1.82, 2.24) is 5.32 Å². The Morgan fingerprint density at radius 2 is 2.11 bits per heavy atom. The molecule has 2 nitrogen and oxygen atoms in total. The summed E-state index contributed by atoms with van der Waals surface area (Å²) in [6, 6.07) is 2.25. The quantitative estimate of drug-likeness (QED) is 0.687. The van der Waals surface area contributed by atoms with Crippen LogP contribution in [0.4, 0.5) is 0 Å². The largest absolute Gasteiger partial charge is 0.383 e. The standard InChI is InChI=1S/C14H24BrNOS/c1-4-14(5-2,11-16-6-7-17-3)9-13-8-12(15)10-18-13/h8,10,16H,4-7,9,11H2,1-3H3. The Morgan fingerprint density at radius 1 is 1.39 bits per heavy atom. The zero-order valence-corrected chi connectivity index (χ0v) is 14.0. The minimum absolute atomic E-state index is 0.373. The van der Waals surface area contributed by atoms with E-state index in [0.29, 0.717) is 5.41 Å². The van der Waals surface area contributed by atoms with Gasteiger partial charge in [0.25, 0.3) is 0 Å². The topological polar surface area (TPSA) is 21.3 Å². The van der Waals surface area contributed by atoms with Crippen molar-refractivity contribution in [2.45, 2.75) is 33.1 Å². The van der Waals surface area contributed by atoms with Crippen LogP contribution in [0.2, 0.25) is 0 Å². The first-order valence-electron chi connectivity index (χ1n) is 6.58. The summed E-state index contributed by atoms with van der Waals surface area (Å²) in [4.78, 5) is 1.47. The number of methoxy groups -OCH3 is 1. The Morgan fingerprint density at radius 3 is 2.61 bits per heavy atom. The molecule has 0 saturated carbocycles. The molecule has 1 aromatic rings. The third kappa shape index (κ3) is 5.00. The van der Waals surface area contributed by atoms with Gasteiger partial charge in [-0.25, -0.2) is 0 Å². The number of rotatable bonds is 9. The second kappa shape index (κ2) is 8.31. The number of nitrogens with one attached hydrogen (secondary N) is 1. The maximum absolute atomic E-state index is 5.08. The van der Waals surface area contributed by atoms with E-state index in [1.807, 2.05) is 11.3 Å². The lowest BCUT2D eigenvalue weighted by molar-refractivity contribution is 0.186. The molecule has 0 spiro atoms. The summed E-state index contributed by atoms with van der Waals surface area (Å²) >= 11 is 5.39. The smallest absolute Gasteiger partial charge is 0.0587 e. The molecule has 0 bridgehead atoms. The summed E-state index contributed by atoms with van der Waals surface area (Å²) in [5.74, 6) is 0. The van der Waals surface area contributed by atoms with Gasteiger partial charge in [-0.05, 0) is 46.7 Å². The van der Waals surface area contributed by atoms with Crippen molar-refractivity contribution >= 4 is 27.3 Å². The molecule has 0 radical (unpaired) electrons. The number of hydrogen-bond donors (Lipinski definition) is 1. The highest BCUT2D eigenvalue weighted by atomic mass is 79.9. The average Bonchev–Trinajstić information content (AvgIpc) is 2.78. The van der Waals surface area contributed by atoms with Gasteiger partial charge in [0.2, 0.25) is 0 Å². The second-order valence-corrected chi connectivity index (χ2v) is 6.70. The number of ether oxygens (including phenoxy) is 1. The highest BCUT2D eigenvalue weighted by Crippen LogP contribution is 2.33. The molecule has 1 rings (SSSR count). The Bertz CT molecular complexity index is 336. The van der Waals surface area contributed by atoms with Crippen LogP contribution in [0.25, 0.3) is 0 Å². The van der Waals surface area contributed by atoms with E-state index in [1.165, 1.54) is 22.2 Å². The molecule has 4 heteroatoms. The van der Waals surface area contributed by atoms with Gasteiger partial charge in [-0.2, -0.15) is 0 Å². The van der Waals surface area contributed by atoms with Crippen molar-refractivity contribution in [1.29, 1.82) is 0 Å². The van der Waals surface area contributed by atoms with Crippen LogP contribution in [0.15, 0.2) is 15.9 Å². The number of halogens is 1. The van der Waals surface area contributed by atoms with Crippen LogP contribution >= 0.6 is 27.3 Å². The highest BCUT2D eigenvalue weighted by Gasteiger charge is 2.26. The summed E-state index contributed by atoms with van der Waals surface area (Å²) in [7, 11) is 1.75. The van der Waals surface area contributed by atoms with Crippen molar-refractivity contribution < 1.29 is 4.74 Å². The lowest BCUT2D eigenvalue weighted by atomic mass is 9.78. The summed E-state index contributed by atoms with van der Waals surface area (Å²) in [5, 5.41) is 5.69. The Balaban J connectivity index is 2.55. The lowest BCUT2D eigenvalue weighted by Gasteiger charge is -2.31. The normalized spacial score (nSPS) is 12.0. The molecular formula is C14H24BrNOS. The molecule has 0 aliphatic carbocycles. The van der Waals surface area contributed by atoms with Gasteiger partial charge in [0.15, 0.2) is 0 Å². The summed E-state index contributed by atoms with van der Waals surface area (Å²) in [6.07, 6.45) is 3.58. The first-order chi connectivity index (χ1) is 8.65. The van der Waals surface area contributed by atoms with E-state index in [1.54, 1.807) is 7.11 Å². The lowest BCUT2D eigenvalue weighted by Crippen LogP contribution is -2.36. The predicted octanol–water partition coefficient (Wildman–Crippen LogP) is 4.10. The van der Waals surface area contributed by atoms with E-state index in [9.17, 15) is 0 Å². The fraction of sp³-hybridized carbons (Fsp3) is 0.714. The molecule has 1 N–H and O–H groups in total. The van der Waals surface area contributed by atoms with Crippen molar-refractivity contribution in [3.8, 4) is 0 Å². The molecule has 1 heterocycles. The van der Waals surface area contributed by atoms with E-state index in [0.717, 1.165) is 26.1 Å². The molecule has 1 aromatic heterocycles. The Labute approximate surface area is 123 Å². The van der Waals surface area contributed by atoms with Crippen LogP contribution in [0.3, 0.4) is 0 Å². The van der Waals surface area contributed by atoms with Crippen molar-refractivity contribution in [3.63, 3.8) is 0 Å². The van der Waals surface area contributed by atoms with Gasteiger partial charge < -0.3 is 10.1 Å². The molecule has 18 heavy (non-hydrogen) atoms. The number of hydrogen-bond acceptors (Lipinski definition) is 3. The molecular weight excluding hydrogens is 310 g/mol. The summed E-state index contributed by atoms with van der Waals surface area (Å²) in [5.41, 5.74) is 0.373. The zero-order valence-electron chi connectivity index (χ0n) is 11.6. The van der Waals surface area contributed by atoms with Gasteiger partial charge in [0.05, 0.1) is 6.61 Å². The first-order valence-corrected chi connectivity index (χ1v) is 8.25. The number of thiophene rings is 1. The Hall–Kier alpha value is 0.1000. The van der Waals surface area contributed by atoms with Crippen LogP contribution in [-0.4, -0.2) is 26.8 Å². The van der Waals surface area contributed by atoms with Gasteiger partial charge in [-0.3, -0.25) is 0 Å². The van der Waals surface area contributed by atoms with Gasteiger partial charge in [0.1, 0.15) is 0 Å². The SMILES string of the molecule is CCC(CC)(CNCCOC)Cc1cc(Br)cs1. The van der Waals surface area contributed by atoms with Gasteiger partial charge >= 0.3 is 0 Å². The monoisotopic (exact) mass is 333 g/mol. The molecule has 0 amide bonds. The van der Waals surface area contributed by atoms with E-state index >= 15 is 0 Å². The van der Waals surface area contributed by atoms with Gasteiger partial charge in [-0.1, -0.05) is 13.8 Å². The van der Waals surface area contributed by atoms with Gasteiger partial charge in [0, 0.05) is 34.9 Å². The van der Waals surface area contributed by atoms with Crippen LogP contribution in [-0.2, 0) is 11.2 Å². The van der Waals surface area contributed by atoms with Crippen LogP contribution < -0.4 is 5.32 Å². The van der Waals surface area contributed by atoms with Crippen molar-refractivity contribution in [2.24, 2.45) is 5.41 Å². The summed E-state index contributed by atoms with van der Waals surface area (Å²) < 4.78 is 6.28. The molecule has 104 valence electrons. The molecule has 0 aromatic carbocycles. The highest BCUT2D eigenvalue weighted by molar-refractivity contribution is 9.10. The molecule has 0 aliphatic heterocycles. The molecule has 0 fully saturated rings. The second-order valence-electron chi connectivity index (χ2n) is 4.78. The zero-order chi connectivity index (χ0) is 13.4. The van der Waals surface area contributed by atoms with Crippen LogP contribution in [0.5, 0.6) is 0 Å². The third-order valence-electron chi connectivity index (χ3n) is 3.65. The van der Waals surface area contributed by atoms with Crippen molar-refractivity contribution in [3.05, 3.63) is 20.8 Å². The predicted molar refractivity (Wildman–Crippen MR) is 83.5 cm³/mol. The minimum Gasteiger partial charge on any atom is -0.383 e. The first kappa shape index (κ1) is 16.2. The van der Waals surface area contributed by atoms with Crippen molar-refractivity contribution in [2.75, 3.05) is 26.8 Å². The Kier molecular flexibility index (Phi) is 7.46. The van der Waals surface area contributed by atoms with E-state index in [2.05, 4.69) is 46.5 Å². The molecule has 0 saturated heterocycles. The van der Waals surface area contributed by atoms with Crippen LogP contribution in [0, 0.1) is 5.41 Å². The fourth-order valence-corrected chi connectivity index (χ4v) is 3.78. The van der Waals surface area contributed by atoms with E-state index < -0.39 is 0 Å². The average molecular weight is 334 g/mol. The van der Waals surface area contributed by atoms with Crippen LogP contribution in [0.1, 0.15) is 31.6 Å².